The second-order valence-corrected chi connectivity index (χ2v) is 7.16. The number of hydrogen-bond acceptors (Lipinski definition) is 5. The number of nitrogens with zero attached hydrogens (tertiary/aromatic N) is 2. The summed E-state index contributed by atoms with van der Waals surface area (Å²) in [6.07, 6.45) is -0.346. The minimum absolute atomic E-state index is 0.0158. The molecule has 29 heavy (non-hydrogen) atoms. The Balaban J connectivity index is 2.91. The van der Waals surface area contributed by atoms with E-state index >= 15 is 0 Å². The van der Waals surface area contributed by atoms with E-state index in [4.69, 9.17) is 15.0 Å². The van der Waals surface area contributed by atoms with E-state index in [1.54, 1.807) is 13.8 Å². The Labute approximate surface area is 171 Å². The number of amides is 1. The van der Waals surface area contributed by atoms with Crippen molar-refractivity contribution in [3.8, 4) is 0 Å². The first-order valence-corrected chi connectivity index (χ1v) is 9.63. The molecule has 1 rings (SSSR count). The van der Waals surface area contributed by atoms with Crippen LogP contribution >= 0.6 is 0 Å². The summed E-state index contributed by atoms with van der Waals surface area (Å²) in [5, 5.41) is 2.65. The van der Waals surface area contributed by atoms with Crippen LogP contribution in [0.5, 0.6) is 0 Å². The van der Waals surface area contributed by atoms with Crippen molar-refractivity contribution in [1.29, 1.82) is 0 Å². The zero-order chi connectivity index (χ0) is 21.8. The van der Waals surface area contributed by atoms with E-state index in [2.05, 4.69) is 10.1 Å². The van der Waals surface area contributed by atoms with Gasteiger partial charge in [0.05, 0.1) is 12.2 Å². The lowest BCUT2D eigenvalue weighted by Crippen LogP contribution is -2.48. The average Bonchev–Trinajstić information content (AvgIpc) is 2.64. The van der Waals surface area contributed by atoms with Crippen LogP contribution in [0.15, 0.2) is 30.3 Å². The summed E-state index contributed by atoms with van der Waals surface area (Å²) in [6, 6.07) is 8.39. The van der Waals surface area contributed by atoms with Crippen molar-refractivity contribution in [3.05, 3.63) is 41.4 Å². The Morgan fingerprint density at radius 2 is 1.76 bits per heavy atom. The third kappa shape index (κ3) is 9.78. The van der Waals surface area contributed by atoms with Gasteiger partial charge in [-0.05, 0) is 39.7 Å². The molecule has 0 heterocycles. The molecule has 0 unspecified atom stereocenters. The predicted octanol–water partition coefficient (Wildman–Crippen LogP) is 2.11. The van der Waals surface area contributed by atoms with E-state index in [1.807, 2.05) is 44.2 Å². The van der Waals surface area contributed by atoms with Gasteiger partial charge in [0.1, 0.15) is 12.1 Å². The standard InChI is InChI=1S/C21H29N3O5/c1-14(2)28-19(12-16-8-6-5-7-9-16)20(26)24-18(21(27)29-15(3)4)11-10-17(25)13-23-22/h5-9,13-15,18-19H,10-12H2,1-4H3,(H,24,26)/t18-,19-/m0/s1. The van der Waals surface area contributed by atoms with Crippen LogP contribution < -0.4 is 5.32 Å². The van der Waals surface area contributed by atoms with Gasteiger partial charge in [-0.3, -0.25) is 9.59 Å². The van der Waals surface area contributed by atoms with Crippen LogP contribution in [0.25, 0.3) is 5.53 Å². The Hall–Kier alpha value is -2.83. The van der Waals surface area contributed by atoms with Gasteiger partial charge in [-0.15, -0.1) is 0 Å². The number of ether oxygens (including phenoxy) is 2. The van der Waals surface area contributed by atoms with Crippen molar-refractivity contribution in [2.45, 2.75) is 71.3 Å². The molecule has 0 bridgehead atoms. The van der Waals surface area contributed by atoms with Crippen molar-refractivity contribution in [1.82, 2.24) is 5.32 Å². The van der Waals surface area contributed by atoms with Crippen LogP contribution in [0, 0.1) is 0 Å². The summed E-state index contributed by atoms with van der Waals surface area (Å²) in [5.41, 5.74) is 9.36. The molecular weight excluding hydrogens is 374 g/mol. The summed E-state index contributed by atoms with van der Waals surface area (Å²) in [5.74, 6) is -1.56. The van der Waals surface area contributed by atoms with Crippen LogP contribution in [-0.4, -0.2) is 53.0 Å². The van der Waals surface area contributed by atoms with Gasteiger partial charge < -0.3 is 20.3 Å². The molecule has 158 valence electrons. The molecule has 0 fully saturated rings. The summed E-state index contributed by atoms with van der Waals surface area (Å²) in [6.45, 7) is 7.03. The molecule has 8 heteroatoms. The summed E-state index contributed by atoms with van der Waals surface area (Å²) in [4.78, 5) is 39.5. The Bertz CT molecular complexity index is 727. The lowest BCUT2D eigenvalue weighted by atomic mass is 10.1. The molecule has 2 atom stereocenters. The fourth-order valence-corrected chi connectivity index (χ4v) is 2.60. The first kappa shape index (κ1) is 24.2. The predicted molar refractivity (Wildman–Crippen MR) is 107 cm³/mol. The SMILES string of the molecule is CC(C)OC(=O)[C@H](CCC(=O)C=[N+]=[N-])NC(=O)[C@H](Cc1ccccc1)OC(C)C. The monoisotopic (exact) mass is 403 g/mol. The molecule has 0 spiro atoms. The molecule has 0 saturated heterocycles. The molecule has 0 aromatic heterocycles. The maximum atomic E-state index is 12.9. The lowest BCUT2D eigenvalue weighted by Gasteiger charge is -2.24. The van der Waals surface area contributed by atoms with Gasteiger partial charge in [-0.1, -0.05) is 30.3 Å². The zero-order valence-corrected chi connectivity index (χ0v) is 17.3. The molecule has 1 N–H and O–H groups in total. The highest BCUT2D eigenvalue weighted by atomic mass is 16.5. The number of esters is 1. The molecule has 0 aliphatic heterocycles. The normalized spacial score (nSPS) is 12.8. The molecule has 0 aliphatic carbocycles. The smallest absolute Gasteiger partial charge is 0.328 e. The minimum Gasteiger partial charge on any atom is -0.461 e. The Kier molecular flexibility index (Phi) is 10.5. The zero-order valence-electron chi connectivity index (χ0n) is 17.3. The van der Waals surface area contributed by atoms with Crippen molar-refractivity contribution in [2.24, 2.45) is 0 Å². The van der Waals surface area contributed by atoms with Crippen LogP contribution in [0.1, 0.15) is 46.1 Å². The fourth-order valence-electron chi connectivity index (χ4n) is 2.60. The molecular formula is C21H29N3O5. The topological polar surface area (TPSA) is 118 Å². The summed E-state index contributed by atoms with van der Waals surface area (Å²) >= 11 is 0. The minimum atomic E-state index is -1.02. The van der Waals surface area contributed by atoms with Crippen LogP contribution in [-0.2, 0) is 30.3 Å². The maximum absolute atomic E-state index is 12.9. The van der Waals surface area contributed by atoms with Gasteiger partial charge in [0.2, 0.25) is 11.7 Å². The number of carbonyl (C=O) groups is 3. The van der Waals surface area contributed by atoms with Gasteiger partial charge in [-0.2, -0.15) is 4.79 Å². The molecule has 8 nitrogen and oxygen atoms in total. The third-order valence-electron chi connectivity index (χ3n) is 3.83. The van der Waals surface area contributed by atoms with Crippen LogP contribution in [0.3, 0.4) is 0 Å². The van der Waals surface area contributed by atoms with Gasteiger partial charge in [0.15, 0.2) is 0 Å². The fraction of sp³-hybridized carbons (Fsp3) is 0.524. The van der Waals surface area contributed by atoms with Crippen molar-refractivity contribution >= 4 is 23.9 Å². The number of carbonyl (C=O) groups excluding carboxylic acids is 3. The molecule has 1 amide bonds. The van der Waals surface area contributed by atoms with Crippen molar-refractivity contribution in [3.63, 3.8) is 0 Å². The third-order valence-corrected chi connectivity index (χ3v) is 3.83. The van der Waals surface area contributed by atoms with Gasteiger partial charge in [-0.25, -0.2) is 4.79 Å². The van der Waals surface area contributed by atoms with Crippen LogP contribution in [0.4, 0.5) is 0 Å². The molecule has 1 aromatic rings. The first-order valence-electron chi connectivity index (χ1n) is 9.63. The van der Waals surface area contributed by atoms with E-state index < -0.39 is 29.8 Å². The van der Waals surface area contributed by atoms with Gasteiger partial charge >= 0.3 is 12.2 Å². The van der Waals surface area contributed by atoms with E-state index in [0.717, 1.165) is 11.8 Å². The first-order chi connectivity index (χ1) is 13.7. The highest BCUT2D eigenvalue weighted by molar-refractivity contribution is 6.25. The number of ketones is 1. The molecule has 0 radical (unpaired) electrons. The lowest BCUT2D eigenvalue weighted by molar-refractivity contribution is -0.153. The molecule has 0 saturated carbocycles. The second kappa shape index (κ2) is 12.6. The van der Waals surface area contributed by atoms with E-state index in [1.165, 1.54) is 0 Å². The Morgan fingerprint density at radius 3 is 2.31 bits per heavy atom. The molecule has 0 aliphatic rings. The number of nitrogens with one attached hydrogen (secondary N) is 1. The number of hydrogen-bond donors (Lipinski definition) is 1. The van der Waals surface area contributed by atoms with E-state index in [-0.39, 0.29) is 25.0 Å². The van der Waals surface area contributed by atoms with E-state index in [0.29, 0.717) is 6.42 Å². The van der Waals surface area contributed by atoms with Crippen molar-refractivity contribution < 1.29 is 28.6 Å². The maximum Gasteiger partial charge on any atom is 0.328 e. The average molecular weight is 403 g/mol. The second-order valence-electron chi connectivity index (χ2n) is 7.16. The van der Waals surface area contributed by atoms with E-state index in [9.17, 15) is 14.4 Å². The summed E-state index contributed by atoms with van der Waals surface area (Å²) in [7, 11) is 0. The van der Waals surface area contributed by atoms with Gasteiger partial charge in [0, 0.05) is 12.8 Å². The van der Waals surface area contributed by atoms with Crippen molar-refractivity contribution in [2.75, 3.05) is 0 Å². The number of Topliss-reactive ketones (excluding diaryl/α,β-unsaturated/α-hetero) is 1. The quantitative estimate of drug-likeness (QED) is 0.248. The Morgan fingerprint density at radius 1 is 1.10 bits per heavy atom. The largest absolute Gasteiger partial charge is 0.461 e. The summed E-state index contributed by atoms with van der Waals surface area (Å²) < 4.78 is 11.0. The highest BCUT2D eigenvalue weighted by Crippen LogP contribution is 2.11. The highest BCUT2D eigenvalue weighted by Gasteiger charge is 2.29. The van der Waals surface area contributed by atoms with Crippen LogP contribution in [0.2, 0.25) is 0 Å². The molecule has 1 aromatic carbocycles. The number of benzene rings is 1. The van der Waals surface area contributed by atoms with Gasteiger partial charge in [0.25, 0.3) is 0 Å². The number of rotatable bonds is 12.